The molecular weight excluding hydrogens is 241 g/mol. The Morgan fingerprint density at radius 1 is 1.42 bits per heavy atom. The molecule has 0 saturated carbocycles. The summed E-state index contributed by atoms with van der Waals surface area (Å²) in [6, 6.07) is 4.99. The van der Waals surface area contributed by atoms with Gasteiger partial charge in [0.15, 0.2) is 0 Å². The molecule has 0 amide bonds. The number of nitrogens with one attached hydrogen (secondary N) is 1. The van der Waals surface area contributed by atoms with Gasteiger partial charge in [-0.05, 0) is 44.2 Å². The highest BCUT2D eigenvalue weighted by atomic mass is 19.1. The predicted molar refractivity (Wildman–Crippen MR) is 75.0 cm³/mol. The molecule has 1 N–H and O–H groups in total. The van der Waals surface area contributed by atoms with Gasteiger partial charge in [-0.15, -0.1) is 0 Å². The van der Waals surface area contributed by atoms with Crippen LogP contribution in [0.3, 0.4) is 0 Å². The Morgan fingerprint density at radius 2 is 2.21 bits per heavy atom. The summed E-state index contributed by atoms with van der Waals surface area (Å²) in [5, 5.41) is 3.16. The van der Waals surface area contributed by atoms with Gasteiger partial charge in [-0.25, -0.2) is 9.37 Å². The molecule has 0 radical (unpaired) electrons. The van der Waals surface area contributed by atoms with Crippen LogP contribution in [0.4, 0.5) is 4.39 Å². The van der Waals surface area contributed by atoms with Crippen molar-refractivity contribution in [3.63, 3.8) is 0 Å². The first-order valence-electron chi connectivity index (χ1n) is 6.66. The number of rotatable bonds is 5. The maximum absolute atomic E-state index is 13.5. The van der Waals surface area contributed by atoms with E-state index in [2.05, 4.69) is 17.2 Å². The molecule has 1 unspecified atom stereocenters. The molecule has 0 saturated heterocycles. The van der Waals surface area contributed by atoms with Gasteiger partial charge in [-0.3, -0.25) is 0 Å². The molecule has 3 nitrogen and oxygen atoms in total. The minimum absolute atomic E-state index is 0.0857. The number of nitrogens with zero attached hydrogens (tertiary/aromatic N) is 2. The molecule has 2 aromatic rings. The van der Waals surface area contributed by atoms with Crippen LogP contribution in [0.25, 0.3) is 5.69 Å². The molecule has 0 bridgehead atoms. The van der Waals surface area contributed by atoms with Crippen LogP contribution in [0, 0.1) is 5.82 Å². The number of benzene rings is 1. The standard InChI is InChI=1S/C15H20FN3/c1-4-5-15-18-8-9-19(15)14-7-6-12(16)10-13(14)11(2)17-3/h6-11,17H,4-5H2,1-3H3. The molecular formula is C15H20FN3. The van der Waals surface area contributed by atoms with E-state index in [0.29, 0.717) is 0 Å². The number of hydrogen-bond donors (Lipinski definition) is 1. The summed E-state index contributed by atoms with van der Waals surface area (Å²) in [7, 11) is 1.88. The van der Waals surface area contributed by atoms with E-state index >= 15 is 0 Å². The Morgan fingerprint density at radius 3 is 2.89 bits per heavy atom. The number of imidazole rings is 1. The lowest BCUT2D eigenvalue weighted by molar-refractivity contribution is 0.605. The van der Waals surface area contributed by atoms with E-state index < -0.39 is 0 Å². The molecule has 2 rings (SSSR count). The van der Waals surface area contributed by atoms with E-state index in [1.165, 1.54) is 6.07 Å². The van der Waals surface area contributed by atoms with Crippen LogP contribution in [0.5, 0.6) is 0 Å². The average molecular weight is 261 g/mol. The predicted octanol–water partition coefficient (Wildman–Crippen LogP) is 3.24. The van der Waals surface area contributed by atoms with Crippen molar-refractivity contribution in [2.45, 2.75) is 32.7 Å². The molecule has 0 fully saturated rings. The fraction of sp³-hybridized carbons (Fsp3) is 0.400. The number of aromatic nitrogens is 2. The highest BCUT2D eigenvalue weighted by molar-refractivity contribution is 5.44. The zero-order valence-electron chi connectivity index (χ0n) is 11.7. The molecule has 1 atom stereocenters. The Hall–Kier alpha value is -1.68. The molecule has 0 spiro atoms. The van der Waals surface area contributed by atoms with Crippen LogP contribution >= 0.6 is 0 Å². The summed E-state index contributed by atoms with van der Waals surface area (Å²) in [6.07, 6.45) is 5.68. The summed E-state index contributed by atoms with van der Waals surface area (Å²) in [5.74, 6) is 0.802. The van der Waals surface area contributed by atoms with Crippen LogP contribution in [-0.2, 0) is 6.42 Å². The Bertz CT molecular complexity index is 548. The summed E-state index contributed by atoms with van der Waals surface area (Å²) < 4.78 is 15.5. The molecule has 0 aliphatic heterocycles. The van der Waals surface area contributed by atoms with Crippen molar-refractivity contribution in [1.29, 1.82) is 0 Å². The molecule has 0 aliphatic carbocycles. The highest BCUT2D eigenvalue weighted by Crippen LogP contribution is 2.24. The van der Waals surface area contributed by atoms with Gasteiger partial charge in [0.05, 0.1) is 5.69 Å². The van der Waals surface area contributed by atoms with Crippen molar-refractivity contribution < 1.29 is 4.39 Å². The highest BCUT2D eigenvalue weighted by Gasteiger charge is 2.13. The third kappa shape index (κ3) is 2.84. The van der Waals surface area contributed by atoms with E-state index in [9.17, 15) is 4.39 Å². The van der Waals surface area contributed by atoms with Gasteiger partial charge in [0.2, 0.25) is 0 Å². The smallest absolute Gasteiger partial charge is 0.123 e. The quantitative estimate of drug-likeness (QED) is 0.895. The second kappa shape index (κ2) is 5.97. The molecule has 1 aromatic carbocycles. The van der Waals surface area contributed by atoms with Crippen molar-refractivity contribution in [3.8, 4) is 5.69 Å². The normalized spacial score (nSPS) is 12.6. The molecule has 0 aliphatic rings. The maximum atomic E-state index is 13.5. The van der Waals surface area contributed by atoms with Gasteiger partial charge in [-0.1, -0.05) is 6.92 Å². The lowest BCUT2D eigenvalue weighted by Gasteiger charge is -2.18. The van der Waals surface area contributed by atoms with Crippen molar-refractivity contribution in [2.75, 3.05) is 7.05 Å². The van der Waals surface area contributed by atoms with Crippen LogP contribution in [-0.4, -0.2) is 16.6 Å². The van der Waals surface area contributed by atoms with E-state index in [4.69, 9.17) is 0 Å². The Labute approximate surface area is 113 Å². The van der Waals surface area contributed by atoms with Crippen LogP contribution in [0.2, 0.25) is 0 Å². The van der Waals surface area contributed by atoms with Crippen molar-refractivity contribution >= 4 is 0 Å². The molecule has 1 heterocycles. The van der Waals surface area contributed by atoms with Gasteiger partial charge in [0.25, 0.3) is 0 Å². The second-order valence-electron chi connectivity index (χ2n) is 4.68. The maximum Gasteiger partial charge on any atom is 0.123 e. The fourth-order valence-corrected chi connectivity index (χ4v) is 2.21. The summed E-state index contributed by atoms with van der Waals surface area (Å²) >= 11 is 0. The number of hydrogen-bond acceptors (Lipinski definition) is 2. The van der Waals surface area contributed by atoms with E-state index in [0.717, 1.165) is 29.9 Å². The van der Waals surface area contributed by atoms with Crippen LogP contribution < -0.4 is 5.32 Å². The number of aryl methyl sites for hydroxylation is 1. The summed E-state index contributed by atoms with van der Waals surface area (Å²) in [6.45, 7) is 4.15. The van der Waals surface area contributed by atoms with Crippen molar-refractivity contribution in [3.05, 3.63) is 47.8 Å². The second-order valence-corrected chi connectivity index (χ2v) is 4.68. The average Bonchev–Trinajstić information content (AvgIpc) is 2.86. The first-order chi connectivity index (χ1) is 9.17. The zero-order valence-corrected chi connectivity index (χ0v) is 11.7. The topological polar surface area (TPSA) is 29.9 Å². The van der Waals surface area contributed by atoms with Crippen LogP contribution in [0.1, 0.15) is 37.7 Å². The first kappa shape index (κ1) is 13.7. The first-order valence-corrected chi connectivity index (χ1v) is 6.66. The van der Waals surface area contributed by atoms with Crippen LogP contribution in [0.15, 0.2) is 30.6 Å². The number of halogens is 1. The van der Waals surface area contributed by atoms with Gasteiger partial charge in [0, 0.05) is 24.9 Å². The molecule has 4 heteroatoms. The van der Waals surface area contributed by atoms with Gasteiger partial charge >= 0.3 is 0 Å². The van der Waals surface area contributed by atoms with Gasteiger partial charge in [0.1, 0.15) is 11.6 Å². The molecule has 19 heavy (non-hydrogen) atoms. The van der Waals surface area contributed by atoms with Crippen molar-refractivity contribution in [1.82, 2.24) is 14.9 Å². The van der Waals surface area contributed by atoms with E-state index in [1.54, 1.807) is 12.3 Å². The monoisotopic (exact) mass is 261 g/mol. The SMILES string of the molecule is CCCc1nccn1-c1ccc(F)cc1C(C)NC. The van der Waals surface area contributed by atoms with Gasteiger partial charge < -0.3 is 9.88 Å². The minimum Gasteiger partial charge on any atom is -0.313 e. The lowest BCUT2D eigenvalue weighted by Crippen LogP contribution is -2.16. The molecule has 1 aromatic heterocycles. The minimum atomic E-state index is -0.210. The largest absolute Gasteiger partial charge is 0.313 e. The third-order valence-corrected chi connectivity index (χ3v) is 3.34. The van der Waals surface area contributed by atoms with Crippen molar-refractivity contribution in [2.24, 2.45) is 0 Å². The van der Waals surface area contributed by atoms with E-state index in [-0.39, 0.29) is 11.9 Å². The van der Waals surface area contributed by atoms with E-state index in [1.807, 2.05) is 30.8 Å². The van der Waals surface area contributed by atoms with Gasteiger partial charge in [-0.2, -0.15) is 0 Å². The fourth-order valence-electron chi connectivity index (χ4n) is 2.21. The third-order valence-electron chi connectivity index (χ3n) is 3.34. The molecule has 102 valence electrons. The zero-order chi connectivity index (χ0) is 13.8. The Balaban J connectivity index is 2.51. The lowest BCUT2D eigenvalue weighted by atomic mass is 10.1. The summed E-state index contributed by atoms with van der Waals surface area (Å²) in [4.78, 5) is 4.38. The Kier molecular flexibility index (Phi) is 4.32. The summed E-state index contributed by atoms with van der Waals surface area (Å²) in [5.41, 5.74) is 1.93.